The molecule has 0 atom stereocenters. The van der Waals surface area contributed by atoms with Crippen LogP contribution in [-0.4, -0.2) is 26.7 Å². The predicted octanol–water partition coefficient (Wildman–Crippen LogP) is 3.78. The highest BCUT2D eigenvalue weighted by atomic mass is 32.2. The molecule has 9 heteroatoms. The molecule has 0 bridgehead atoms. The Morgan fingerprint density at radius 2 is 1.32 bits per heavy atom. The van der Waals surface area contributed by atoms with Gasteiger partial charge in [-0.05, 0) is 62.4 Å². The van der Waals surface area contributed by atoms with Crippen molar-refractivity contribution in [2.45, 2.75) is 23.6 Å². The molecule has 136 valence electrons. The van der Waals surface area contributed by atoms with Gasteiger partial charge in [-0.3, -0.25) is 9.05 Å². The number of phosphoric ester groups is 1. The monoisotopic (exact) mass is 386 g/mol. The molecule has 1 N–H and O–H groups in total. The number of benzene rings is 2. The third-order valence-electron chi connectivity index (χ3n) is 3.07. The zero-order valence-electron chi connectivity index (χ0n) is 13.8. The van der Waals surface area contributed by atoms with Crippen LogP contribution in [0.2, 0.25) is 0 Å². The maximum absolute atomic E-state index is 12.5. The van der Waals surface area contributed by atoms with Crippen LogP contribution in [0.3, 0.4) is 0 Å². The lowest BCUT2D eigenvalue weighted by molar-refractivity contribution is 0.167. The molecule has 2 aromatic carbocycles. The van der Waals surface area contributed by atoms with E-state index >= 15 is 0 Å². The quantitative estimate of drug-likeness (QED) is 0.689. The topological polar surface area (TPSA) is 99.1 Å². The smallest absolute Gasteiger partial charge is 0.508 e. The van der Waals surface area contributed by atoms with Crippen molar-refractivity contribution in [2.75, 3.05) is 13.2 Å². The first-order chi connectivity index (χ1) is 11.8. The van der Waals surface area contributed by atoms with Crippen molar-refractivity contribution in [3.8, 4) is 11.5 Å². The minimum Gasteiger partial charge on any atom is -0.508 e. The van der Waals surface area contributed by atoms with Gasteiger partial charge in [0, 0.05) is 0 Å². The highest BCUT2D eigenvalue weighted by molar-refractivity contribution is 7.91. The lowest BCUT2D eigenvalue weighted by Crippen LogP contribution is -2.04. The second kappa shape index (κ2) is 8.01. The third kappa shape index (κ3) is 4.83. The van der Waals surface area contributed by atoms with Crippen LogP contribution in [-0.2, 0) is 23.4 Å². The molecule has 0 radical (unpaired) electrons. The molecule has 0 spiro atoms. The highest BCUT2D eigenvalue weighted by Crippen LogP contribution is 2.49. The summed E-state index contributed by atoms with van der Waals surface area (Å²) in [7, 11) is -7.47. The summed E-state index contributed by atoms with van der Waals surface area (Å²) in [6.07, 6.45) is 0. The van der Waals surface area contributed by atoms with Gasteiger partial charge in [0.1, 0.15) is 11.5 Å². The number of phenolic OH excluding ortho intramolecular Hbond substituents is 1. The molecule has 25 heavy (non-hydrogen) atoms. The molecule has 7 nitrogen and oxygen atoms in total. The number of phosphoric acid groups is 1. The van der Waals surface area contributed by atoms with E-state index in [1.165, 1.54) is 48.5 Å². The largest absolute Gasteiger partial charge is 0.530 e. The normalized spacial score (nSPS) is 12.1. The zero-order valence-corrected chi connectivity index (χ0v) is 15.5. The van der Waals surface area contributed by atoms with Crippen LogP contribution in [0.15, 0.2) is 58.3 Å². The van der Waals surface area contributed by atoms with E-state index in [0.717, 1.165) is 0 Å². The average molecular weight is 386 g/mol. The van der Waals surface area contributed by atoms with Crippen molar-refractivity contribution in [2.24, 2.45) is 0 Å². The molecule has 2 rings (SSSR count). The van der Waals surface area contributed by atoms with Gasteiger partial charge in [-0.25, -0.2) is 13.0 Å². The van der Waals surface area contributed by atoms with Crippen molar-refractivity contribution in [3.05, 3.63) is 48.5 Å². The Labute approximate surface area is 146 Å². The van der Waals surface area contributed by atoms with Gasteiger partial charge in [0.25, 0.3) is 0 Å². The molecule has 0 aliphatic heterocycles. The van der Waals surface area contributed by atoms with E-state index in [4.69, 9.17) is 13.6 Å². The fourth-order valence-corrected chi connectivity index (χ4v) is 4.43. The van der Waals surface area contributed by atoms with Crippen molar-refractivity contribution < 1.29 is 31.7 Å². The number of aromatic hydroxyl groups is 1. The minimum atomic E-state index is -3.74. The molecule has 0 saturated carbocycles. The van der Waals surface area contributed by atoms with Crippen LogP contribution in [0.1, 0.15) is 13.8 Å². The Kier molecular flexibility index (Phi) is 6.24. The summed E-state index contributed by atoms with van der Waals surface area (Å²) >= 11 is 0. The van der Waals surface area contributed by atoms with Crippen molar-refractivity contribution in [1.82, 2.24) is 0 Å². The number of sulfone groups is 1. The number of hydrogen-bond acceptors (Lipinski definition) is 7. The van der Waals surface area contributed by atoms with E-state index in [2.05, 4.69) is 0 Å². The predicted molar refractivity (Wildman–Crippen MR) is 91.5 cm³/mol. The van der Waals surface area contributed by atoms with Gasteiger partial charge in [0.05, 0.1) is 23.0 Å². The first-order valence-corrected chi connectivity index (χ1v) is 10.5. The van der Waals surface area contributed by atoms with E-state index in [0.29, 0.717) is 0 Å². The van der Waals surface area contributed by atoms with Crippen LogP contribution >= 0.6 is 7.82 Å². The molecule has 0 aromatic heterocycles. The summed E-state index contributed by atoms with van der Waals surface area (Å²) < 4.78 is 52.6. The molecule has 0 aliphatic rings. The Morgan fingerprint density at radius 1 is 0.880 bits per heavy atom. The van der Waals surface area contributed by atoms with E-state index in [9.17, 15) is 18.1 Å². The summed E-state index contributed by atoms with van der Waals surface area (Å²) in [6.45, 7) is 3.60. The molecule has 0 amide bonds. The molecule has 0 heterocycles. The van der Waals surface area contributed by atoms with E-state index in [1.807, 2.05) is 0 Å². The van der Waals surface area contributed by atoms with Gasteiger partial charge < -0.3 is 9.63 Å². The first-order valence-electron chi connectivity index (χ1n) is 7.53. The molecule has 2 aromatic rings. The summed E-state index contributed by atoms with van der Waals surface area (Å²) in [5.74, 6) is 0.139. The summed E-state index contributed by atoms with van der Waals surface area (Å²) in [5, 5.41) is 9.26. The maximum Gasteiger partial charge on any atom is 0.530 e. The molecule has 0 saturated heterocycles. The standard InChI is InChI=1S/C16H19O7PS/c1-3-21-24(18,22-4-2)23-14-7-11-16(12-8-14)25(19,20)15-9-5-13(17)6-10-15/h5-12,17H,3-4H2,1-2H3. The van der Waals surface area contributed by atoms with Gasteiger partial charge in [0.2, 0.25) is 9.84 Å². The van der Waals surface area contributed by atoms with Crippen molar-refractivity contribution >= 4 is 17.7 Å². The van der Waals surface area contributed by atoms with E-state index in [-0.39, 0.29) is 34.5 Å². The molecule has 0 fully saturated rings. The van der Waals surface area contributed by atoms with Crippen LogP contribution in [0.4, 0.5) is 0 Å². The van der Waals surface area contributed by atoms with Gasteiger partial charge in [0.15, 0.2) is 0 Å². The van der Waals surface area contributed by atoms with Crippen LogP contribution in [0.5, 0.6) is 11.5 Å². The molecular formula is C16H19O7PS. The second-order valence-corrected chi connectivity index (χ2v) is 8.39. The van der Waals surface area contributed by atoms with Gasteiger partial charge in [-0.1, -0.05) is 0 Å². The Balaban J connectivity index is 2.24. The number of hydrogen-bond donors (Lipinski definition) is 1. The van der Waals surface area contributed by atoms with Gasteiger partial charge >= 0.3 is 7.82 Å². The Hall–Kier alpha value is -1.86. The first kappa shape index (κ1) is 19.5. The van der Waals surface area contributed by atoms with Crippen LogP contribution in [0.25, 0.3) is 0 Å². The third-order valence-corrected chi connectivity index (χ3v) is 6.44. The van der Waals surface area contributed by atoms with Crippen LogP contribution < -0.4 is 4.52 Å². The molecule has 0 aliphatic carbocycles. The Morgan fingerprint density at radius 3 is 1.76 bits per heavy atom. The highest BCUT2D eigenvalue weighted by Gasteiger charge is 2.27. The summed E-state index contributed by atoms with van der Waals surface area (Å²) in [6, 6.07) is 10.6. The fraction of sp³-hybridized carbons (Fsp3) is 0.250. The van der Waals surface area contributed by atoms with Crippen molar-refractivity contribution in [1.29, 1.82) is 0 Å². The fourth-order valence-electron chi connectivity index (χ4n) is 1.98. The van der Waals surface area contributed by atoms with E-state index in [1.54, 1.807) is 13.8 Å². The second-order valence-electron chi connectivity index (χ2n) is 4.84. The average Bonchev–Trinajstić information content (AvgIpc) is 2.56. The van der Waals surface area contributed by atoms with Gasteiger partial charge in [-0.15, -0.1) is 0 Å². The SMILES string of the molecule is CCOP(=O)(OCC)Oc1ccc(S(=O)(=O)c2ccc(O)cc2)cc1. The van der Waals surface area contributed by atoms with E-state index < -0.39 is 17.7 Å². The number of rotatable bonds is 8. The maximum atomic E-state index is 12.5. The lowest BCUT2D eigenvalue weighted by atomic mass is 10.3. The van der Waals surface area contributed by atoms with Crippen molar-refractivity contribution in [3.63, 3.8) is 0 Å². The van der Waals surface area contributed by atoms with Crippen LogP contribution in [0, 0.1) is 0 Å². The van der Waals surface area contributed by atoms with Gasteiger partial charge in [-0.2, -0.15) is 0 Å². The number of phenols is 1. The summed E-state index contributed by atoms with van der Waals surface area (Å²) in [4.78, 5) is 0.0847. The minimum absolute atomic E-state index is 0.0229. The zero-order chi connectivity index (χ0) is 18.5. The lowest BCUT2D eigenvalue weighted by Gasteiger charge is -2.17. The molecule has 0 unspecified atom stereocenters. The Bertz CT molecular complexity index is 835. The summed E-state index contributed by atoms with van der Waals surface area (Å²) in [5.41, 5.74) is 0. The molecular weight excluding hydrogens is 367 g/mol.